The van der Waals surface area contributed by atoms with E-state index >= 15 is 0 Å². The molecule has 0 aromatic heterocycles. The molecule has 1 aliphatic heterocycles. The molecule has 1 unspecified atom stereocenters. The number of fused-ring (bicyclic) bond motifs is 1. The minimum absolute atomic E-state index is 0.151. The van der Waals surface area contributed by atoms with E-state index in [4.69, 9.17) is 4.74 Å². The van der Waals surface area contributed by atoms with Gasteiger partial charge >= 0.3 is 0 Å². The van der Waals surface area contributed by atoms with Crippen LogP contribution in [0, 0.1) is 5.82 Å². The fourth-order valence-corrected chi connectivity index (χ4v) is 2.27. The minimum atomic E-state index is -0.515. The molecule has 1 heterocycles. The van der Waals surface area contributed by atoms with Gasteiger partial charge in [-0.2, -0.15) is 0 Å². The van der Waals surface area contributed by atoms with Gasteiger partial charge in [0.25, 0.3) is 5.91 Å². The average Bonchev–Trinajstić information content (AvgIpc) is 2.76. The molecular formula is C15H13FN2O2. The van der Waals surface area contributed by atoms with Crippen LogP contribution in [0.5, 0.6) is 5.75 Å². The highest BCUT2D eigenvalue weighted by Crippen LogP contribution is 2.33. The first-order chi connectivity index (χ1) is 9.69. The van der Waals surface area contributed by atoms with Crippen LogP contribution in [-0.2, 0) is 4.79 Å². The Bertz CT molecular complexity index is 673. The summed E-state index contributed by atoms with van der Waals surface area (Å²) in [6, 6.07) is 11.4. The molecule has 1 atom stereocenters. The van der Waals surface area contributed by atoms with Crippen molar-refractivity contribution in [1.29, 1.82) is 0 Å². The number of nitrogens with one attached hydrogen (secondary N) is 2. The summed E-state index contributed by atoms with van der Waals surface area (Å²) in [4.78, 5) is 12.0. The summed E-state index contributed by atoms with van der Waals surface area (Å²) >= 11 is 0. The number of methoxy groups -OCH3 is 1. The lowest BCUT2D eigenvalue weighted by Gasteiger charge is -2.13. The summed E-state index contributed by atoms with van der Waals surface area (Å²) in [7, 11) is 1.41. The van der Waals surface area contributed by atoms with Gasteiger partial charge < -0.3 is 15.4 Å². The van der Waals surface area contributed by atoms with Crippen LogP contribution in [0.1, 0.15) is 11.6 Å². The second-order valence-electron chi connectivity index (χ2n) is 4.50. The molecule has 0 saturated heterocycles. The van der Waals surface area contributed by atoms with Gasteiger partial charge in [0.15, 0.2) is 11.6 Å². The van der Waals surface area contributed by atoms with Gasteiger partial charge in [0.1, 0.15) is 6.04 Å². The van der Waals surface area contributed by atoms with Gasteiger partial charge in [-0.25, -0.2) is 4.39 Å². The van der Waals surface area contributed by atoms with E-state index < -0.39 is 11.9 Å². The predicted molar refractivity (Wildman–Crippen MR) is 74.4 cm³/mol. The first-order valence-electron chi connectivity index (χ1n) is 6.19. The number of benzene rings is 2. The molecule has 20 heavy (non-hydrogen) atoms. The Hall–Kier alpha value is -2.56. The van der Waals surface area contributed by atoms with E-state index in [2.05, 4.69) is 10.6 Å². The van der Waals surface area contributed by atoms with E-state index in [1.807, 2.05) is 24.3 Å². The largest absolute Gasteiger partial charge is 0.494 e. The number of halogens is 1. The van der Waals surface area contributed by atoms with Gasteiger partial charge in [-0.15, -0.1) is 0 Å². The maximum atomic E-state index is 13.7. The highest BCUT2D eigenvalue weighted by atomic mass is 19.1. The fourth-order valence-electron chi connectivity index (χ4n) is 2.27. The van der Waals surface area contributed by atoms with Gasteiger partial charge in [0.2, 0.25) is 0 Å². The van der Waals surface area contributed by atoms with Crippen LogP contribution in [0.15, 0.2) is 42.5 Å². The molecule has 2 aromatic rings. The van der Waals surface area contributed by atoms with Crippen LogP contribution in [0.3, 0.4) is 0 Å². The summed E-state index contributed by atoms with van der Waals surface area (Å²) < 4.78 is 18.5. The molecule has 0 aliphatic carbocycles. The quantitative estimate of drug-likeness (QED) is 0.903. The first-order valence-corrected chi connectivity index (χ1v) is 6.19. The molecule has 0 fully saturated rings. The molecule has 2 aromatic carbocycles. The molecule has 4 nitrogen and oxygen atoms in total. The van der Waals surface area contributed by atoms with E-state index in [-0.39, 0.29) is 11.7 Å². The average molecular weight is 272 g/mol. The lowest BCUT2D eigenvalue weighted by molar-refractivity contribution is -0.116. The molecule has 1 aliphatic rings. The normalized spacial score (nSPS) is 16.5. The standard InChI is InChI=1S/C15H13FN2O2/c1-20-13-7-6-9(8-11(13)16)17-14-10-4-2-3-5-12(10)18-15(14)19/h2-8,14,17H,1H3,(H,18,19). The number of hydrogen-bond acceptors (Lipinski definition) is 3. The predicted octanol–water partition coefficient (Wildman–Crippen LogP) is 2.94. The molecule has 0 radical (unpaired) electrons. The van der Waals surface area contributed by atoms with E-state index in [0.29, 0.717) is 5.69 Å². The highest BCUT2D eigenvalue weighted by molar-refractivity contribution is 6.04. The van der Waals surface area contributed by atoms with Gasteiger partial charge in [-0.1, -0.05) is 18.2 Å². The van der Waals surface area contributed by atoms with Gasteiger partial charge in [-0.3, -0.25) is 4.79 Å². The summed E-state index contributed by atoms with van der Waals surface area (Å²) in [6.45, 7) is 0. The SMILES string of the molecule is COc1ccc(NC2C(=O)Nc3ccccc32)cc1F. The number of ether oxygens (including phenoxy) is 1. The third-order valence-electron chi connectivity index (χ3n) is 3.25. The zero-order valence-electron chi connectivity index (χ0n) is 10.8. The number of hydrogen-bond donors (Lipinski definition) is 2. The maximum Gasteiger partial charge on any atom is 0.251 e. The topological polar surface area (TPSA) is 50.4 Å². The number of anilines is 2. The van der Waals surface area contributed by atoms with Gasteiger partial charge in [0.05, 0.1) is 7.11 Å². The molecule has 102 valence electrons. The van der Waals surface area contributed by atoms with Crippen molar-refractivity contribution in [3.8, 4) is 5.75 Å². The van der Waals surface area contributed by atoms with Crippen LogP contribution in [-0.4, -0.2) is 13.0 Å². The smallest absolute Gasteiger partial charge is 0.251 e. The molecule has 0 spiro atoms. The van der Waals surface area contributed by atoms with E-state index in [0.717, 1.165) is 11.3 Å². The Balaban J connectivity index is 1.88. The summed E-state index contributed by atoms with van der Waals surface area (Å²) in [5.41, 5.74) is 2.16. The Morgan fingerprint density at radius 3 is 2.80 bits per heavy atom. The zero-order valence-corrected chi connectivity index (χ0v) is 10.8. The Morgan fingerprint density at radius 1 is 1.25 bits per heavy atom. The summed E-state index contributed by atoms with van der Waals surface area (Å²) in [5, 5.41) is 5.82. The molecule has 0 bridgehead atoms. The molecular weight excluding hydrogens is 259 g/mol. The van der Waals surface area contributed by atoms with Crippen molar-refractivity contribution in [3.05, 3.63) is 53.8 Å². The van der Waals surface area contributed by atoms with Crippen molar-refractivity contribution in [2.45, 2.75) is 6.04 Å². The highest BCUT2D eigenvalue weighted by Gasteiger charge is 2.30. The van der Waals surface area contributed by atoms with Crippen LogP contribution in [0.4, 0.5) is 15.8 Å². The first kappa shape index (κ1) is 12.5. The zero-order chi connectivity index (χ0) is 14.1. The molecule has 0 saturated carbocycles. The monoisotopic (exact) mass is 272 g/mol. The number of carbonyl (C=O) groups excluding carboxylic acids is 1. The minimum Gasteiger partial charge on any atom is -0.494 e. The Kier molecular flexibility index (Phi) is 3.02. The Morgan fingerprint density at radius 2 is 2.05 bits per heavy atom. The molecule has 2 N–H and O–H groups in total. The lowest BCUT2D eigenvalue weighted by atomic mass is 10.1. The van der Waals surface area contributed by atoms with Crippen molar-refractivity contribution in [2.24, 2.45) is 0 Å². The van der Waals surface area contributed by atoms with Crippen molar-refractivity contribution >= 4 is 17.3 Å². The van der Waals surface area contributed by atoms with E-state index in [9.17, 15) is 9.18 Å². The second kappa shape index (κ2) is 4.85. The van der Waals surface area contributed by atoms with Crippen LogP contribution >= 0.6 is 0 Å². The van der Waals surface area contributed by atoms with E-state index in [1.54, 1.807) is 6.07 Å². The molecule has 5 heteroatoms. The molecule has 1 amide bonds. The van der Waals surface area contributed by atoms with Crippen molar-refractivity contribution < 1.29 is 13.9 Å². The number of amides is 1. The lowest BCUT2D eigenvalue weighted by Crippen LogP contribution is -2.19. The van der Waals surface area contributed by atoms with Crippen molar-refractivity contribution in [3.63, 3.8) is 0 Å². The van der Waals surface area contributed by atoms with Crippen molar-refractivity contribution in [1.82, 2.24) is 0 Å². The van der Waals surface area contributed by atoms with Crippen LogP contribution in [0.2, 0.25) is 0 Å². The second-order valence-corrected chi connectivity index (χ2v) is 4.50. The van der Waals surface area contributed by atoms with Crippen molar-refractivity contribution in [2.75, 3.05) is 17.7 Å². The third kappa shape index (κ3) is 2.07. The number of rotatable bonds is 3. The van der Waals surface area contributed by atoms with E-state index in [1.165, 1.54) is 19.2 Å². The number of carbonyl (C=O) groups is 1. The number of para-hydroxylation sites is 1. The van der Waals surface area contributed by atoms with Crippen LogP contribution in [0.25, 0.3) is 0 Å². The fraction of sp³-hybridized carbons (Fsp3) is 0.133. The van der Waals surface area contributed by atoms with Gasteiger partial charge in [-0.05, 0) is 18.2 Å². The summed E-state index contributed by atoms with van der Waals surface area (Å²) in [6.07, 6.45) is 0. The van der Waals surface area contributed by atoms with Crippen LogP contribution < -0.4 is 15.4 Å². The third-order valence-corrected chi connectivity index (χ3v) is 3.25. The van der Waals surface area contributed by atoms with Gasteiger partial charge in [0, 0.05) is 23.0 Å². The maximum absolute atomic E-state index is 13.7. The Labute approximate surface area is 115 Å². The summed E-state index contributed by atoms with van der Waals surface area (Å²) in [5.74, 6) is -0.446. The molecule has 3 rings (SSSR count).